The van der Waals surface area contributed by atoms with E-state index in [-0.39, 0.29) is 0 Å². The smallest absolute Gasteiger partial charge is 0.182 e. The molecule has 0 amide bonds. The lowest BCUT2D eigenvalue weighted by Crippen LogP contribution is -1.94. The molecule has 3 rings (SSSR count). The molecular formula is C14H10ClN3. The van der Waals surface area contributed by atoms with Crippen LogP contribution >= 0.6 is 11.6 Å². The summed E-state index contributed by atoms with van der Waals surface area (Å²) >= 11 is 6.11. The predicted octanol–water partition coefficient (Wildman–Crippen LogP) is 3.65. The maximum Gasteiger partial charge on any atom is 0.182 e. The van der Waals surface area contributed by atoms with Crippen LogP contribution < -0.4 is 0 Å². The fourth-order valence-electron chi connectivity index (χ4n) is 1.75. The molecule has 0 aliphatic carbocycles. The average Bonchev–Trinajstić information content (AvgIpc) is 2.40. The van der Waals surface area contributed by atoms with E-state index in [4.69, 9.17) is 11.6 Å². The van der Waals surface area contributed by atoms with Gasteiger partial charge in [-0.3, -0.25) is 0 Å². The van der Waals surface area contributed by atoms with E-state index in [1.54, 1.807) is 6.07 Å². The van der Waals surface area contributed by atoms with Crippen molar-refractivity contribution < 1.29 is 0 Å². The first-order chi connectivity index (χ1) is 8.74. The van der Waals surface area contributed by atoms with Gasteiger partial charge in [-0.2, -0.15) is 0 Å². The molecule has 0 fully saturated rings. The van der Waals surface area contributed by atoms with Crippen LogP contribution in [-0.4, -0.2) is 15.2 Å². The van der Waals surface area contributed by atoms with Gasteiger partial charge in [0, 0.05) is 5.56 Å². The van der Waals surface area contributed by atoms with Gasteiger partial charge in [0.2, 0.25) is 0 Å². The molecule has 0 saturated carbocycles. The van der Waals surface area contributed by atoms with Crippen LogP contribution in [0.3, 0.4) is 0 Å². The normalized spacial score (nSPS) is 10.8. The number of nitrogens with zero attached hydrogens (tertiary/aromatic N) is 3. The summed E-state index contributed by atoms with van der Waals surface area (Å²) in [5.74, 6) is 0.593. The van der Waals surface area contributed by atoms with Crippen molar-refractivity contribution in [1.29, 1.82) is 0 Å². The van der Waals surface area contributed by atoms with Gasteiger partial charge < -0.3 is 0 Å². The van der Waals surface area contributed by atoms with Gasteiger partial charge in [-0.25, -0.2) is 4.98 Å². The zero-order valence-corrected chi connectivity index (χ0v) is 10.5. The Hall–Kier alpha value is -2.00. The Morgan fingerprint density at radius 3 is 2.50 bits per heavy atom. The zero-order valence-electron chi connectivity index (χ0n) is 9.76. The number of aromatic nitrogens is 3. The largest absolute Gasteiger partial charge is 0.223 e. The van der Waals surface area contributed by atoms with Gasteiger partial charge in [0.25, 0.3) is 0 Å². The van der Waals surface area contributed by atoms with Gasteiger partial charge in [-0.05, 0) is 19.1 Å². The van der Waals surface area contributed by atoms with Crippen LogP contribution in [0.25, 0.3) is 22.4 Å². The van der Waals surface area contributed by atoms with Crippen molar-refractivity contribution in [2.24, 2.45) is 0 Å². The molecule has 3 nitrogen and oxygen atoms in total. The van der Waals surface area contributed by atoms with Crippen LogP contribution in [0.5, 0.6) is 0 Å². The number of para-hydroxylation sites is 1. The lowest BCUT2D eigenvalue weighted by Gasteiger charge is -2.02. The zero-order chi connectivity index (χ0) is 12.5. The number of benzene rings is 2. The summed E-state index contributed by atoms with van der Waals surface area (Å²) in [6.07, 6.45) is 0. The Morgan fingerprint density at radius 2 is 1.72 bits per heavy atom. The van der Waals surface area contributed by atoms with Crippen LogP contribution in [-0.2, 0) is 0 Å². The topological polar surface area (TPSA) is 38.7 Å². The minimum atomic E-state index is 0.593. The van der Waals surface area contributed by atoms with E-state index in [0.29, 0.717) is 21.9 Å². The van der Waals surface area contributed by atoms with Crippen LogP contribution in [0.15, 0.2) is 42.5 Å². The van der Waals surface area contributed by atoms with Gasteiger partial charge in [0.15, 0.2) is 5.82 Å². The van der Waals surface area contributed by atoms with E-state index < -0.39 is 0 Å². The van der Waals surface area contributed by atoms with Crippen molar-refractivity contribution in [1.82, 2.24) is 15.2 Å². The SMILES string of the molecule is Cc1ccc(-c2nnc3cccc(Cl)c3n2)cc1. The van der Waals surface area contributed by atoms with Crippen molar-refractivity contribution in [2.45, 2.75) is 6.92 Å². The highest BCUT2D eigenvalue weighted by molar-refractivity contribution is 6.34. The standard InChI is InChI=1S/C14H10ClN3/c1-9-5-7-10(8-6-9)14-16-13-11(15)3-2-4-12(13)17-18-14/h2-8H,1H3. The molecule has 0 N–H and O–H groups in total. The lowest BCUT2D eigenvalue weighted by atomic mass is 10.1. The van der Waals surface area contributed by atoms with Crippen molar-refractivity contribution in [2.75, 3.05) is 0 Å². The molecule has 1 aromatic heterocycles. The molecule has 0 bridgehead atoms. The summed E-state index contributed by atoms with van der Waals surface area (Å²) in [6.45, 7) is 2.04. The molecule has 2 aromatic carbocycles. The molecule has 4 heteroatoms. The number of fused-ring (bicyclic) bond motifs is 1. The summed E-state index contributed by atoms with van der Waals surface area (Å²) in [6, 6.07) is 13.5. The third-order valence-electron chi connectivity index (χ3n) is 2.75. The molecule has 0 aliphatic rings. The van der Waals surface area contributed by atoms with Gasteiger partial charge >= 0.3 is 0 Å². The average molecular weight is 256 g/mol. The first-order valence-electron chi connectivity index (χ1n) is 5.60. The van der Waals surface area contributed by atoms with Crippen LogP contribution in [0, 0.1) is 6.92 Å². The first kappa shape index (κ1) is 11.1. The van der Waals surface area contributed by atoms with Crippen molar-refractivity contribution >= 4 is 22.6 Å². The molecule has 0 saturated heterocycles. The van der Waals surface area contributed by atoms with E-state index in [2.05, 4.69) is 15.2 Å². The minimum absolute atomic E-state index is 0.593. The van der Waals surface area contributed by atoms with Crippen LogP contribution in [0.2, 0.25) is 5.02 Å². The third kappa shape index (κ3) is 1.93. The highest BCUT2D eigenvalue weighted by atomic mass is 35.5. The fraction of sp³-hybridized carbons (Fsp3) is 0.0714. The summed E-state index contributed by atoms with van der Waals surface area (Å²) in [7, 11) is 0. The maximum absolute atomic E-state index is 6.11. The molecule has 0 radical (unpaired) electrons. The molecular weight excluding hydrogens is 246 g/mol. The molecule has 88 valence electrons. The first-order valence-corrected chi connectivity index (χ1v) is 5.98. The third-order valence-corrected chi connectivity index (χ3v) is 3.05. The van der Waals surface area contributed by atoms with Gasteiger partial charge in [-0.1, -0.05) is 47.5 Å². The molecule has 18 heavy (non-hydrogen) atoms. The number of rotatable bonds is 1. The van der Waals surface area contributed by atoms with Gasteiger partial charge in [0.1, 0.15) is 11.0 Å². The molecule has 0 atom stereocenters. The van der Waals surface area contributed by atoms with Crippen molar-refractivity contribution in [3.05, 3.63) is 53.1 Å². The summed E-state index contributed by atoms with van der Waals surface area (Å²) in [5.41, 5.74) is 3.53. The Morgan fingerprint density at radius 1 is 0.944 bits per heavy atom. The van der Waals surface area contributed by atoms with Crippen molar-refractivity contribution in [3.63, 3.8) is 0 Å². The highest BCUT2D eigenvalue weighted by Crippen LogP contribution is 2.22. The Labute approximate surface area is 109 Å². The highest BCUT2D eigenvalue weighted by Gasteiger charge is 2.06. The van der Waals surface area contributed by atoms with E-state index >= 15 is 0 Å². The summed E-state index contributed by atoms with van der Waals surface area (Å²) in [4.78, 5) is 4.47. The Bertz CT molecular complexity index is 708. The number of aryl methyl sites for hydroxylation is 1. The predicted molar refractivity (Wildman–Crippen MR) is 72.5 cm³/mol. The van der Waals surface area contributed by atoms with Gasteiger partial charge in [0.05, 0.1) is 5.02 Å². The Kier molecular flexibility index (Phi) is 2.68. The molecule has 1 heterocycles. The lowest BCUT2D eigenvalue weighted by molar-refractivity contribution is 1.03. The monoisotopic (exact) mass is 255 g/mol. The number of hydrogen-bond acceptors (Lipinski definition) is 3. The van der Waals surface area contributed by atoms with E-state index in [1.807, 2.05) is 43.3 Å². The van der Waals surface area contributed by atoms with Crippen LogP contribution in [0.4, 0.5) is 0 Å². The minimum Gasteiger partial charge on any atom is -0.223 e. The second-order valence-electron chi connectivity index (χ2n) is 4.11. The van der Waals surface area contributed by atoms with E-state index in [9.17, 15) is 0 Å². The Balaban J connectivity index is 2.18. The van der Waals surface area contributed by atoms with Crippen LogP contribution in [0.1, 0.15) is 5.56 Å². The second-order valence-corrected chi connectivity index (χ2v) is 4.52. The fourth-order valence-corrected chi connectivity index (χ4v) is 1.96. The number of halogens is 1. The number of hydrogen-bond donors (Lipinski definition) is 0. The molecule has 0 aliphatic heterocycles. The van der Waals surface area contributed by atoms with Crippen molar-refractivity contribution in [3.8, 4) is 11.4 Å². The molecule has 3 aromatic rings. The maximum atomic E-state index is 6.11. The van der Waals surface area contributed by atoms with E-state index in [1.165, 1.54) is 5.56 Å². The summed E-state index contributed by atoms with van der Waals surface area (Å²) in [5, 5.41) is 8.87. The second kappa shape index (κ2) is 4.35. The summed E-state index contributed by atoms with van der Waals surface area (Å²) < 4.78 is 0. The molecule has 0 unspecified atom stereocenters. The molecule has 0 spiro atoms. The van der Waals surface area contributed by atoms with E-state index in [0.717, 1.165) is 5.56 Å². The van der Waals surface area contributed by atoms with Gasteiger partial charge in [-0.15, -0.1) is 10.2 Å². The quantitative estimate of drug-likeness (QED) is 0.666.